The van der Waals surface area contributed by atoms with Crippen molar-refractivity contribution in [2.75, 3.05) is 19.5 Å². The molecular weight excluding hydrogens is 236 g/mol. The number of carbonyl (C=O) groups is 1. The fourth-order valence-corrected chi connectivity index (χ4v) is 1.59. The molecule has 0 rings (SSSR count). The second-order valence-electron chi connectivity index (χ2n) is 3.43. The Morgan fingerprint density at radius 2 is 2.25 bits per heavy atom. The standard InChI is InChI=1S/C9H17ClN2O4/c1-7(13)11-8(6-12(14)15)9(16-2)4-3-5-10/h8-9H,3-6H2,1-2H3,(H,11,13)/t8-,9-/m1/s1. The maximum atomic E-state index is 10.9. The molecule has 1 N–H and O–H groups in total. The highest BCUT2D eigenvalue weighted by atomic mass is 35.5. The van der Waals surface area contributed by atoms with E-state index >= 15 is 0 Å². The minimum Gasteiger partial charge on any atom is -0.379 e. The number of amides is 1. The average molecular weight is 253 g/mol. The van der Waals surface area contributed by atoms with Gasteiger partial charge in [-0.25, -0.2) is 0 Å². The smallest absolute Gasteiger partial charge is 0.226 e. The number of carbonyl (C=O) groups excluding carboxylic acids is 1. The molecule has 0 bridgehead atoms. The van der Waals surface area contributed by atoms with Crippen molar-refractivity contribution in [3.8, 4) is 0 Å². The van der Waals surface area contributed by atoms with Crippen molar-refractivity contribution < 1.29 is 14.5 Å². The maximum Gasteiger partial charge on any atom is 0.226 e. The predicted molar refractivity (Wildman–Crippen MR) is 60.2 cm³/mol. The molecule has 0 heterocycles. The van der Waals surface area contributed by atoms with Crippen LogP contribution in [-0.2, 0) is 9.53 Å². The highest BCUT2D eigenvalue weighted by Crippen LogP contribution is 2.08. The van der Waals surface area contributed by atoms with Gasteiger partial charge in [0.2, 0.25) is 12.5 Å². The number of rotatable bonds is 8. The number of nitrogens with zero attached hydrogens (tertiary/aromatic N) is 1. The summed E-state index contributed by atoms with van der Waals surface area (Å²) in [4.78, 5) is 20.9. The molecule has 0 spiro atoms. The Morgan fingerprint density at radius 1 is 1.62 bits per heavy atom. The second kappa shape index (κ2) is 8.29. The molecule has 0 aliphatic heterocycles. The molecule has 0 aromatic carbocycles. The van der Waals surface area contributed by atoms with Crippen LogP contribution in [0.3, 0.4) is 0 Å². The van der Waals surface area contributed by atoms with Gasteiger partial charge in [-0.3, -0.25) is 14.9 Å². The van der Waals surface area contributed by atoms with Crippen LogP contribution < -0.4 is 5.32 Å². The summed E-state index contributed by atoms with van der Waals surface area (Å²) in [6, 6.07) is -0.610. The van der Waals surface area contributed by atoms with Gasteiger partial charge in [-0.2, -0.15) is 0 Å². The van der Waals surface area contributed by atoms with Gasteiger partial charge in [-0.1, -0.05) is 0 Å². The van der Waals surface area contributed by atoms with Crippen molar-refractivity contribution in [3.05, 3.63) is 10.1 Å². The Morgan fingerprint density at radius 3 is 2.62 bits per heavy atom. The van der Waals surface area contributed by atoms with E-state index in [-0.39, 0.29) is 18.6 Å². The monoisotopic (exact) mass is 252 g/mol. The van der Waals surface area contributed by atoms with Gasteiger partial charge in [0.15, 0.2) is 0 Å². The number of ether oxygens (including phenoxy) is 1. The highest BCUT2D eigenvalue weighted by molar-refractivity contribution is 6.17. The first-order valence-corrected chi connectivity index (χ1v) is 5.52. The molecule has 0 saturated heterocycles. The summed E-state index contributed by atoms with van der Waals surface area (Å²) in [6.07, 6.45) is 0.889. The molecule has 6 nitrogen and oxygen atoms in total. The molecule has 94 valence electrons. The number of hydrogen-bond donors (Lipinski definition) is 1. The number of hydrogen-bond acceptors (Lipinski definition) is 4. The first-order valence-electron chi connectivity index (χ1n) is 4.99. The summed E-state index contributed by atoms with van der Waals surface area (Å²) in [5, 5.41) is 13.0. The molecule has 0 aliphatic rings. The van der Waals surface area contributed by atoms with Crippen molar-refractivity contribution in [3.63, 3.8) is 0 Å². The van der Waals surface area contributed by atoms with Gasteiger partial charge in [-0.05, 0) is 12.8 Å². The van der Waals surface area contributed by atoms with E-state index in [9.17, 15) is 14.9 Å². The Labute approximate surface area is 99.4 Å². The van der Waals surface area contributed by atoms with Crippen LogP contribution in [0.4, 0.5) is 0 Å². The number of halogens is 1. The third-order valence-electron chi connectivity index (χ3n) is 2.11. The van der Waals surface area contributed by atoms with E-state index in [2.05, 4.69) is 5.32 Å². The van der Waals surface area contributed by atoms with Crippen LogP contribution in [-0.4, -0.2) is 42.5 Å². The first kappa shape index (κ1) is 15.1. The number of alkyl halides is 1. The van der Waals surface area contributed by atoms with Gasteiger partial charge in [0.05, 0.1) is 6.10 Å². The summed E-state index contributed by atoms with van der Waals surface area (Å²) in [5.74, 6) is 0.158. The van der Waals surface area contributed by atoms with E-state index in [0.29, 0.717) is 18.7 Å². The van der Waals surface area contributed by atoms with Gasteiger partial charge in [0.1, 0.15) is 6.04 Å². The molecule has 0 aliphatic carbocycles. The lowest BCUT2D eigenvalue weighted by atomic mass is 10.1. The molecule has 0 aromatic rings. The molecule has 7 heteroatoms. The Balaban J connectivity index is 4.41. The van der Waals surface area contributed by atoms with E-state index in [0.717, 1.165) is 0 Å². The normalized spacial score (nSPS) is 14.2. The Hall–Kier alpha value is -0.880. The SMILES string of the molecule is CO[C@H](CCCCl)[C@@H](C[N+](=O)[O-])NC(C)=O. The third-order valence-corrected chi connectivity index (χ3v) is 2.38. The summed E-state index contributed by atoms with van der Waals surface area (Å²) in [6.45, 7) is 0.974. The molecule has 0 aromatic heterocycles. The number of methoxy groups -OCH3 is 1. The average Bonchev–Trinajstić information content (AvgIpc) is 2.16. The van der Waals surface area contributed by atoms with Crippen LogP contribution in [0.25, 0.3) is 0 Å². The molecule has 0 saturated carbocycles. The fraction of sp³-hybridized carbons (Fsp3) is 0.889. The number of nitrogens with one attached hydrogen (secondary N) is 1. The third kappa shape index (κ3) is 6.58. The highest BCUT2D eigenvalue weighted by Gasteiger charge is 2.26. The molecule has 0 radical (unpaired) electrons. The quantitative estimate of drug-likeness (QED) is 0.394. The van der Waals surface area contributed by atoms with Crippen molar-refractivity contribution in [2.24, 2.45) is 0 Å². The first-order chi connectivity index (χ1) is 7.51. The zero-order chi connectivity index (χ0) is 12.6. The Kier molecular flexibility index (Phi) is 7.84. The van der Waals surface area contributed by atoms with Crippen LogP contribution in [0.15, 0.2) is 0 Å². The molecule has 16 heavy (non-hydrogen) atoms. The van der Waals surface area contributed by atoms with Crippen LogP contribution in [0.2, 0.25) is 0 Å². The van der Waals surface area contributed by atoms with E-state index in [1.807, 2.05) is 0 Å². The van der Waals surface area contributed by atoms with Crippen LogP contribution in [0, 0.1) is 10.1 Å². The minimum atomic E-state index is -0.610. The van der Waals surface area contributed by atoms with E-state index in [1.54, 1.807) is 0 Å². The number of nitro groups is 1. The van der Waals surface area contributed by atoms with Gasteiger partial charge >= 0.3 is 0 Å². The fourth-order valence-electron chi connectivity index (χ4n) is 1.44. The predicted octanol–water partition coefficient (Wildman–Crippen LogP) is 0.802. The zero-order valence-corrected chi connectivity index (χ0v) is 10.2. The maximum absolute atomic E-state index is 10.9. The van der Waals surface area contributed by atoms with Crippen molar-refractivity contribution in [1.29, 1.82) is 0 Å². The summed E-state index contributed by atoms with van der Waals surface area (Å²) in [7, 11) is 1.47. The summed E-state index contributed by atoms with van der Waals surface area (Å²) >= 11 is 5.54. The van der Waals surface area contributed by atoms with Crippen LogP contribution in [0.1, 0.15) is 19.8 Å². The van der Waals surface area contributed by atoms with Gasteiger partial charge < -0.3 is 10.1 Å². The summed E-state index contributed by atoms with van der Waals surface area (Å²) in [5.41, 5.74) is 0. The topological polar surface area (TPSA) is 81.5 Å². The molecular formula is C9H17ClN2O4. The lowest BCUT2D eigenvalue weighted by molar-refractivity contribution is -0.485. The lowest BCUT2D eigenvalue weighted by Crippen LogP contribution is -2.47. The molecule has 0 fully saturated rings. The zero-order valence-electron chi connectivity index (χ0n) is 9.44. The van der Waals surface area contributed by atoms with E-state index in [1.165, 1.54) is 14.0 Å². The van der Waals surface area contributed by atoms with E-state index in [4.69, 9.17) is 16.3 Å². The van der Waals surface area contributed by atoms with Gasteiger partial charge in [-0.15, -0.1) is 11.6 Å². The largest absolute Gasteiger partial charge is 0.379 e. The molecule has 1 amide bonds. The van der Waals surface area contributed by atoms with Crippen LogP contribution >= 0.6 is 11.6 Å². The molecule has 0 unspecified atom stereocenters. The van der Waals surface area contributed by atoms with Gasteiger partial charge in [0, 0.05) is 24.8 Å². The van der Waals surface area contributed by atoms with Crippen LogP contribution in [0.5, 0.6) is 0 Å². The van der Waals surface area contributed by atoms with Crippen molar-refractivity contribution in [1.82, 2.24) is 5.32 Å². The lowest BCUT2D eigenvalue weighted by Gasteiger charge is -2.23. The Bertz CT molecular complexity index is 222. The second-order valence-corrected chi connectivity index (χ2v) is 3.81. The minimum absolute atomic E-state index is 0.306. The van der Waals surface area contributed by atoms with E-state index < -0.39 is 11.0 Å². The molecule has 2 atom stereocenters. The summed E-state index contributed by atoms with van der Waals surface area (Å²) < 4.78 is 5.14. The van der Waals surface area contributed by atoms with Crippen molar-refractivity contribution >= 4 is 17.5 Å². The van der Waals surface area contributed by atoms with Crippen molar-refractivity contribution in [2.45, 2.75) is 31.9 Å². The van der Waals surface area contributed by atoms with Gasteiger partial charge in [0.25, 0.3) is 0 Å².